The fourth-order valence-electron chi connectivity index (χ4n) is 8.59. The summed E-state index contributed by atoms with van der Waals surface area (Å²) in [5, 5.41) is 15.5. The summed E-state index contributed by atoms with van der Waals surface area (Å²) in [6, 6.07) is 13.1. The molecule has 0 unspecified atom stereocenters. The fraction of sp³-hybridized carbons (Fsp3) is 0.537. The second-order valence-corrected chi connectivity index (χ2v) is 19.0. The molecule has 3 N–H and O–H groups in total. The minimum absolute atomic E-state index is 0.0269. The number of allylic oxidation sites excluding steroid dienone is 1. The number of fused-ring (bicyclic) bond motifs is 5. The van der Waals surface area contributed by atoms with Crippen LogP contribution in [0.3, 0.4) is 0 Å². The number of carbonyl (C=O) groups is 4. The van der Waals surface area contributed by atoms with Gasteiger partial charge in [0.1, 0.15) is 23.7 Å². The van der Waals surface area contributed by atoms with E-state index in [4.69, 9.17) is 9.72 Å². The van der Waals surface area contributed by atoms with Crippen molar-refractivity contribution in [1.82, 2.24) is 24.8 Å². The zero-order chi connectivity index (χ0) is 39.4. The van der Waals surface area contributed by atoms with Crippen LogP contribution in [-0.4, -0.2) is 93.2 Å². The molecule has 294 valence electrons. The first-order chi connectivity index (χ1) is 26.0. The summed E-state index contributed by atoms with van der Waals surface area (Å²) in [5.41, 5.74) is -1.78. The Morgan fingerprint density at radius 3 is 2.35 bits per heavy atom. The van der Waals surface area contributed by atoms with Crippen LogP contribution >= 0.6 is 0 Å². The van der Waals surface area contributed by atoms with Crippen LogP contribution in [0.1, 0.15) is 79.6 Å². The molecule has 14 heteroatoms. The Bertz CT molecular complexity index is 2160. The predicted octanol–water partition coefficient (Wildman–Crippen LogP) is 5.38. The largest absolute Gasteiger partial charge is 0.472 e. The van der Waals surface area contributed by atoms with E-state index in [0.29, 0.717) is 37.1 Å². The van der Waals surface area contributed by atoms with E-state index < -0.39 is 80.2 Å². The van der Waals surface area contributed by atoms with Gasteiger partial charge < -0.3 is 20.1 Å². The van der Waals surface area contributed by atoms with Crippen LogP contribution in [0.2, 0.25) is 0 Å². The molecule has 13 nitrogen and oxygen atoms in total. The van der Waals surface area contributed by atoms with Crippen LogP contribution < -0.4 is 14.8 Å². The highest BCUT2D eigenvalue weighted by Gasteiger charge is 2.62. The summed E-state index contributed by atoms with van der Waals surface area (Å²) in [7, 11) is -3.91. The summed E-state index contributed by atoms with van der Waals surface area (Å²) in [4.78, 5) is 64.0. The molecule has 2 saturated carbocycles. The molecular weight excluding hydrogens is 723 g/mol. The highest BCUT2D eigenvalue weighted by atomic mass is 32.2. The second-order valence-electron chi connectivity index (χ2n) is 17.0. The number of nitrogens with one attached hydrogen (secondary N) is 2. The first-order valence-electron chi connectivity index (χ1n) is 19.3. The number of hydrogen-bond acceptors (Lipinski definition) is 8. The molecule has 7 rings (SSSR count). The smallest absolute Gasteiger partial charge is 0.408 e. The lowest BCUT2D eigenvalue weighted by atomic mass is 9.85. The number of hydrogen-bond donors (Lipinski definition) is 3. The Kier molecular flexibility index (Phi) is 10.1. The van der Waals surface area contributed by atoms with Gasteiger partial charge in [0.25, 0.3) is 5.91 Å². The average Bonchev–Trinajstić information content (AvgIpc) is 4.05. The number of benzene rings is 2. The first-order valence-corrected chi connectivity index (χ1v) is 20.9. The van der Waals surface area contributed by atoms with E-state index in [1.165, 1.54) is 9.80 Å². The molecule has 0 bridgehead atoms. The van der Waals surface area contributed by atoms with Gasteiger partial charge in [-0.25, -0.2) is 18.2 Å². The lowest BCUT2D eigenvalue weighted by Gasteiger charge is -2.43. The van der Waals surface area contributed by atoms with Crippen LogP contribution in [0.4, 0.5) is 4.79 Å². The Labute approximate surface area is 321 Å². The molecule has 55 heavy (non-hydrogen) atoms. The first kappa shape index (κ1) is 38.6. The van der Waals surface area contributed by atoms with Crippen LogP contribution in [-0.2, 0) is 24.4 Å². The average molecular weight is 774 g/mol. The summed E-state index contributed by atoms with van der Waals surface area (Å²) >= 11 is 0. The predicted molar refractivity (Wildman–Crippen MR) is 208 cm³/mol. The minimum Gasteiger partial charge on any atom is -0.472 e. The van der Waals surface area contributed by atoms with Gasteiger partial charge in [-0.2, -0.15) is 0 Å². The van der Waals surface area contributed by atoms with Crippen molar-refractivity contribution in [2.75, 3.05) is 6.54 Å². The van der Waals surface area contributed by atoms with Gasteiger partial charge in [0.2, 0.25) is 27.7 Å². The van der Waals surface area contributed by atoms with Crippen molar-refractivity contribution in [1.29, 1.82) is 0 Å². The van der Waals surface area contributed by atoms with E-state index in [2.05, 4.69) is 17.0 Å². The Morgan fingerprint density at radius 1 is 1.00 bits per heavy atom. The van der Waals surface area contributed by atoms with Crippen LogP contribution in [0.25, 0.3) is 21.7 Å². The molecule has 2 aromatic carbocycles. The van der Waals surface area contributed by atoms with Crippen molar-refractivity contribution in [3.63, 3.8) is 0 Å². The van der Waals surface area contributed by atoms with Gasteiger partial charge in [-0.1, -0.05) is 62.4 Å². The summed E-state index contributed by atoms with van der Waals surface area (Å²) in [6.45, 7) is 9.13. The molecule has 0 radical (unpaired) electrons. The second kappa shape index (κ2) is 14.4. The topological polar surface area (TPSA) is 175 Å². The lowest BCUT2D eigenvalue weighted by Crippen LogP contribution is -2.62. The summed E-state index contributed by atoms with van der Waals surface area (Å²) < 4.78 is 34.7. The quantitative estimate of drug-likeness (QED) is 0.220. The number of amides is 4. The fourth-order valence-corrected chi connectivity index (χ4v) is 9.95. The van der Waals surface area contributed by atoms with Gasteiger partial charge in [-0.15, -0.1) is 0 Å². The van der Waals surface area contributed by atoms with Gasteiger partial charge in [0.15, 0.2) is 0 Å². The summed E-state index contributed by atoms with van der Waals surface area (Å²) in [6.07, 6.45) is 4.95. The summed E-state index contributed by atoms with van der Waals surface area (Å²) in [5.74, 6) is -2.39. The van der Waals surface area contributed by atoms with E-state index in [9.17, 15) is 27.9 Å². The standard InChI is InChI=1S/C41H51N5O8S/c1-24-12-6-7-13-26-22-41(26,38(49)44-55(52,53)28-18-19-28)43-35(47)33-21-27(23-45(33)37(48)34(25(2)20-24)46(39(50)51)40(3,4)5)54-36-31-16-9-8-14-29(31)30-15-10-11-17-32(30)42-36/h7-11,13-17,24-28,33-34H,6,12,18-23H2,1-5H3,(H,43,47)(H,44,49)(H,50,51)/b13-7-/t24-,25+,26+,27+,33-,34-,41+/m0/s1. The molecule has 2 aliphatic heterocycles. The molecule has 1 aromatic heterocycles. The van der Waals surface area contributed by atoms with Crippen LogP contribution in [0.15, 0.2) is 60.7 Å². The highest BCUT2D eigenvalue weighted by molar-refractivity contribution is 7.91. The van der Waals surface area contributed by atoms with E-state index in [1.807, 2.05) is 67.6 Å². The number of para-hydroxylation sites is 1. The highest BCUT2D eigenvalue weighted by Crippen LogP contribution is 2.46. The van der Waals surface area contributed by atoms with E-state index in [0.717, 1.165) is 22.6 Å². The van der Waals surface area contributed by atoms with Crippen molar-refractivity contribution in [3.8, 4) is 5.88 Å². The number of carbonyl (C=O) groups excluding carboxylic acids is 3. The normalized spacial score (nSPS) is 29.7. The van der Waals surface area contributed by atoms with Crippen LogP contribution in [0.5, 0.6) is 5.88 Å². The van der Waals surface area contributed by atoms with Gasteiger partial charge in [-0.3, -0.25) is 24.0 Å². The maximum Gasteiger partial charge on any atom is 0.408 e. The third kappa shape index (κ3) is 7.61. The van der Waals surface area contributed by atoms with Crippen molar-refractivity contribution < 1.29 is 37.4 Å². The van der Waals surface area contributed by atoms with Crippen molar-refractivity contribution >= 4 is 55.5 Å². The van der Waals surface area contributed by atoms with Gasteiger partial charge >= 0.3 is 6.09 Å². The molecule has 4 amide bonds. The molecule has 2 aliphatic carbocycles. The van der Waals surface area contributed by atoms with Crippen LogP contribution in [0, 0.1) is 17.8 Å². The Balaban J connectivity index is 1.28. The number of aromatic nitrogens is 1. The molecule has 1 saturated heterocycles. The van der Waals surface area contributed by atoms with Crippen molar-refractivity contribution in [3.05, 3.63) is 60.7 Å². The minimum atomic E-state index is -3.91. The molecule has 3 aromatic rings. The zero-order valence-corrected chi connectivity index (χ0v) is 32.8. The van der Waals surface area contributed by atoms with Gasteiger partial charge in [-0.05, 0) is 88.7 Å². The van der Waals surface area contributed by atoms with Crippen molar-refractivity contribution in [2.24, 2.45) is 17.8 Å². The molecule has 7 atom stereocenters. The lowest BCUT2D eigenvalue weighted by molar-refractivity contribution is -0.146. The number of sulfonamides is 1. The van der Waals surface area contributed by atoms with Gasteiger partial charge in [0, 0.05) is 28.7 Å². The molecule has 3 fully saturated rings. The molecule has 3 heterocycles. The van der Waals surface area contributed by atoms with Gasteiger partial charge in [0.05, 0.1) is 17.3 Å². The van der Waals surface area contributed by atoms with E-state index >= 15 is 4.79 Å². The molecule has 0 spiro atoms. The number of rotatable bonds is 6. The Hall–Kier alpha value is -4.72. The number of pyridine rings is 1. The number of ether oxygens (including phenoxy) is 1. The van der Waals surface area contributed by atoms with Crippen molar-refractivity contribution in [2.45, 2.75) is 114 Å². The third-order valence-corrected chi connectivity index (χ3v) is 13.5. The monoisotopic (exact) mass is 773 g/mol. The van der Waals surface area contributed by atoms with E-state index in [1.54, 1.807) is 20.8 Å². The maximum absolute atomic E-state index is 15.1. The maximum atomic E-state index is 15.1. The zero-order valence-electron chi connectivity index (χ0n) is 32.0. The Morgan fingerprint density at radius 2 is 1.67 bits per heavy atom. The number of nitrogens with zero attached hydrogens (tertiary/aromatic N) is 3. The van der Waals surface area contributed by atoms with E-state index in [-0.39, 0.29) is 25.3 Å². The SMILES string of the molecule is C[C@H]1CC/C=C\[C@@H]2C[C@@]2(C(=O)NS(=O)(=O)C2CC2)NC(=O)[C@@H]2C[C@@H](Oc3nc4ccccc4c4ccccc34)CN2C(=O)[C@@H](N(C(=O)O)C(C)(C)C)[C@H](C)C1. The molecule has 4 aliphatic rings. The third-order valence-electron chi connectivity index (χ3n) is 11.6. The molecular formula is C41H51N5O8S. The number of carboxylic acid groups (broad SMARTS) is 1.